The Kier molecular flexibility index (Phi) is 2.76. The minimum Gasteiger partial charge on any atom is -0.276 e. The molecule has 0 aliphatic heterocycles. The van der Waals surface area contributed by atoms with Crippen LogP contribution in [-0.4, -0.2) is 24.1 Å². The molecule has 70 valence electrons. The summed E-state index contributed by atoms with van der Waals surface area (Å²) in [5.74, 6) is 0.521. The third-order valence-electron chi connectivity index (χ3n) is 1.54. The molecular formula is C7H9N3O3. The summed E-state index contributed by atoms with van der Waals surface area (Å²) in [5.41, 5.74) is -0.0340. The molecule has 6 heteroatoms. The maximum atomic E-state index is 10.3. The highest BCUT2D eigenvalue weighted by Crippen LogP contribution is 2.13. The fourth-order valence-corrected chi connectivity index (χ4v) is 0.766. The van der Waals surface area contributed by atoms with Crippen LogP contribution < -0.4 is 5.06 Å². The molecule has 1 aromatic heterocycles. The lowest BCUT2D eigenvalue weighted by molar-refractivity contribution is -0.385. The molecule has 6 nitrogen and oxygen atoms in total. The van der Waals surface area contributed by atoms with E-state index in [0.29, 0.717) is 5.82 Å². The maximum absolute atomic E-state index is 10.3. The third-order valence-corrected chi connectivity index (χ3v) is 1.54. The summed E-state index contributed by atoms with van der Waals surface area (Å²) in [6.45, 7) is 0. The van der Waals surface area contributed by atoms with Gasteiger partial charge in [-0.15, -0.1) is 0 Å². The lowest BCUT2D eigenvalue weighted by atomic mass is 10.4. The number of aromatic nitrogens is 1. The third kappa shape index (κ3) is 2.12. The van der Waals surface area contributed by atoms with Gasteiger partial charge in [-0.1, -0.05) is 0 Å². The van der Waals surface area contributed by atoms with Crippen LogP contribution in [0.3, 0.4) is 0 Å². The van der Waals surface area contributed by atoms with Gasteiger partial charge < -0.3 is 0 Å². The minimum absolute atomic E-state index is 0.0340. The topological polar surface area (TPSA) is 68.5 Å². The fourth-order valence-electron chi connectivity index (χ4n) is 0.766. The number of rotatable bonds is 3. The summed E-state index contributed by atoms with van der Waals surface area (Å²) >= 11 is 0. The largest absolute Gasteiger partial charge is 0.287 e. The highest BCUT2D eigenvalue weighted by atomic mass is 16.7. The van der Waals surface area contributed by atoms with E-state index in [4.69, 9.17) is 4.84 Å². The van der Waals surface area contributed by atoms with Gasteiger partial charge in [-0.2, -0.15) is 0 Å². The molecule has 13 heavy (non-hydrogen) atoms. The van der Waals surface area contributed by atoms with Crippen LogP contribution >= 0.6 is 0 Å². The van der Waals surface area contributed by atoms with Gasteiger partial charge in [0, 0.05) is 13.1 Å². The van der Waals surface area contributed by atoms with Gasteiger partial charge in [0.25, 0.3) is 5.69 Å². The quantitative estimate of drug-likeness (QED) is 0.516. The van der Waals surface area contributed by atoms with E-state index < -0.39 is 4.92 Å². The van der Waals surface area contributed by atoms with Gasteiger partial charge in [-0.25, -0.2) is 10.0 Å². The molecular weight excluding hydrogens is 174 g/mol. The number of anilines is 1. The maximum Gasteiger partial charge on any atom is 0.287 e. The summed E-state index contributed by atoms with van der Waals surface area (Å²) in [7, 11) is 3.15. The van der Waals surface area contributed by atoms with Crippen molar-refractivity contribution in [3.63, 3.8) is 0 Å². The van der Waals surface area contributed by atoms with Crippen molar-refractivity contribution in [1.82, 2.24) is 4.98 Å². The second-order valence-electron chi connectivity index (χ2n) is 2.31. The van der Waals surface area contributed by atoms with E-state index >= 15 is 0 Å². The van der Waals surface area contributed by atoms with Crippen molar-refractivity contribution >= 4 is 11.5 Å². The van der Waals surface area contributed by atoms with Gasteiger partial charge >= 0.3 is 0 Å². The standard InChI is InChI=1S/C7H9N3O3/c1-9(13-2)7-4-3-6(5-8-7)10(11)12/h3-5H,1-2H3. The average molecular weight is 183 g/mol. The van der Waals surface area contributed by atoms with Crippen molar-refractivity contribution in [2.75, 3.05) is 19.2 Å². The van der Waals surface area contributed by atoms with Crippen LogP contribution in [0.4, 0.5) is 11.5 Å². The van der Waals surface area contributed by atoms with Gasteiger partial charge in [0.2, 0.25) is 0 Å². The molecule has 0 N–H and O–H groups in total. The van der Waals surface area contributed by atoms with E-state index in [0.717, 1.165) is 0 Å². The number of hydroxylamine groups is 1. The molecule has 0 saturated carbocycles. The molecule has 0 atom stereocenters. The molecule has 0 bridgehead atoms. The van der Waals surface area contributed by atoms with Crippen molar-refractivity contribution in [2.24, 2.45) is 0 Å². The second-order valence-corrected chi connectivity index (χ2v) is 2.31. The van der Waals surface area contributed by atoms with Gasteiger partial charge in [0.05, 0.1) is 12.0 Å². The summed E-state index contributed by atoms with van der Waals surface area (Å²) in [4.78, 5) is 18.4. The molecule has 0 aliphatic rings. The molecule has 0 aliphatic carbocycles. The van der Waals surface area contributed by atoms with Crippen molar-refractivity contribution < 1.29 is 9.76 Å². The van der Waals surface area contributed by atoms with Crippen molar-refractivity contribution in [1.29, 1.82) is 0 Å². The molecule has 1 aromatic rings. The Morgan fingerprint density at radius 3 is 2.69 bits per heavy atom. The zero-order valence-corrected chi connectivity index (χ0v) is 7.30. The molecule has 0 radical (unpaired) electrons. The zero-order valence-electron chi connectivity index (χ0n) is 7.30. The van der Waals surface area contributed by atoms with Crippen LogP contribution in [0.25, 0.3) is 0 Å². The Morgan fingerprint density at radius 1 is 1.62 bits per heavy atom. The number of nitro groups is 1. The smallest absolute Gasteiger partial charge is 0.276 e. The van der Waals surface area contributed by atoms with Crippen LogP contribution in [0.1, 0.15) is 0 Å². The highest BCUT2D eigenvalue weighted by Gasteiger charge is 2.06. The van der Waals surface area contributed by atoms with E-state index in [1.165, 1.54) is 30.5 Å². The highest BCUT2D eigenvalue weighted by molar-refractivity contribution is 5.39. The summed E-state index contributed by atoms with van der Waals surface area (Å²) in [6, 6.07) is 2.89. The molecule has 0 fully saturated rings. The monoisotopic (exact) mass is 183 g/mol. The van der Waals surface area contributed by atoms with E-state index in [1.807, 2.05) is 0 Å². The number of hydrogen-bond acceptors (Lipinski definition) is 5. The van der Waals surface area contributed by atoms with E-state index in [9.17, 15) is 10.1 Å². The predicted octanol–water partition coefficient (Wildman–Crippen LogP) is 0.987. The molecule has 0 unspecified atom stereocenters. The second kappa shape index (κ2) is 3.81. The van der Waals surface area contributed by atoms with Crippen molar-refractivity contribution in [3.8, 4) is 0 Å². The van der Waals surface area contributed by atoms with Gasteiger partial charge in [0.1, 0.15) is 6.20 Å². The Bertz CT molecular complexity index is 298. The Morgan fingerprint density at radius 2 is 2.31 bits per heavy atom. The van der Waals surface area contributed by atoms with E-state index in [1.54, 1.807) is 7.05 Å². The first-order valence-corrected chi connectivity index (χ1v) is 3.53. The predicted molar refractivity (Wildman–Crippen MR) is 46.3 cm³/mol. The molecule has 1 heterocycles. The normalized spacial score (nSPS) is 9.69. The molecule has 1 rings (SSSR count). The summed E-state index contributed by atoms with van der Waals surface area (Å²) in [5, 5.41) is 11.7. The van der Waals surface area contributed by atoms with Crippen molar-refractivity contribution in [3.05, 3.63) is 28.4 Å². The lowest BCUT2D eigenvalue weighted by Gasteiger charge is -2.13. The van der Waals surface area contributed by atoms with Crippen LogP contribution in [0.2, 0.25) is 0 Å². The zero-order chi connectivity index (χ0) is 9.84. The van der Waals surface area contributed by atoms with Gasteiger partial charge in [-0.05, 0) is 6.07 Å². The van der Waals surface area contributed by atoms with E-state index in [-0.39, 0.29) is 5.69 Å². The number of hydrogen-bond donors (Lipinski definition) is 0. The molecule has 0 spiro atoms. The number of pyridine rings is 1. The number of nitrogens with zero attached hydrogens (tertiary/aromatic N) is 3. The minimum atomic E-state index is -0.496. The molecule has 0 saturated heterocycles. The SMILES string of the molecule is CON(C)c1ccc([N+](=O)[O-])cn1. The molecule has 0 aromatic carbocycles. The van der Waals surface area contributed by atoms with Crippen molar-refractivity contribution in [2.45, 2.75) is 0 Å². The first-order valence-electron chi connectivity index (χ1n) is 3.53. The van der Waals surface area contributed by atoms with E-state index in [2.05, 4.69) is 4.98 Å². The first kappa shape index (κ1) is 9.40. The Labute approximate surface area is 74.9 Å². The van der Waals surface area contributed by atoms with Gasteiger partial charge in [0.15, 0.2) is 5.82 Å². The van der Waals surface area contributed by atoms with Crippen LogP contribution in [0.15, 0.2) is 18.3 Å². The summed E-state index contributed by atoms with van der Waals surface area (Å²) in [6.07, 6.45) is 1.19. The fraction of sp³-hybridized carbons (Fsp3) is 0.286. The van der Waals surface area contributed by atoms with Crippen LogP contribution in [-0.2, 0) is 4.84 Å². The van der Waals surface area contributed by atoms with Crippen LogP contribution in [0.5, 0.6) is 0 Å². The molecule has 0 amide bonds. The van der Waals surface area contributed by atoms with Gasteiger partial charge in [-0.3, -0.25) is 15.0 Å². The lowest BCUT2D eigenvalue weighted by Crippen LogP contribution is -2.15. The summed E-state index contributed by atoms with van der Waals surface area (Å²) < 4.78 is 0. The van der Waals surface area contributed by atoms with Crippen LogP contribution in [0, 0.1) is 10.1 Å². The Balaban J connectivity index is 2.87. The average Bonchev–Trinajstić information content (AvgIpc) is 2.17. The Hall–Kier alpha value is -1.69. The first-order chi connectivity index (χ1) is 6.15.